The highest BCUT2D eigenvalue weighted by molar-refractivity contribution is 5.97. The van der Waals surface area contributed by atoms with Gasteiger partial charge in [-0.05, 0) is 18.6 Å². The Morgan fingerprint density at radius 2 is 2.16 bits per heavy atom. The summed E-state index contributed by atoms with van der Waals surface area (Å²) < 4.78 is 10.5. The minimum absolute atomic E-state index is 0.0178. The largest absolute Gasteiger partial charge is 0.496 e. The minimum Gasteiger partial charge on any atom is -0.496 e. The van der Waals surface area contributed by atoms with Crippen molar-refractivity contribution in [1.82, 2.24) is 4.90 Å². The van der Waals surface area contributed by atoms with Crippen molar-refractivity contribution in [3.8, 4) is 5.75 Å². The third kappa shape index (κ3) is 2.72. The van der Waals surface area contributed by atoms with E-state index in [0.29, 0.717) is 24.3 Å². The Balaban J connectivity index is 2.23. The highest BCUT2D eigenvalue weighted by Crippen LogP contribution is 2.25. The maximum atomic E-state index is 12.5. The number of aliphatic hydroxyl groups is 1. The first-order chi connectivity index (χ1) is 9.21. The number of rotatable bonds is 4. The highest BCUT2D eigenvalue weighted by atomic mass is 16.5. The molecule has 2 rings (SSSR count). The zero-order valence-electron chi connectivity index (χ0n) is 11.2. The molecule has 0 aliphatic carbocycles. The topological polar surface area (TPSA) is 59.0 Å². The molecule has 5 heteroatoms. The Morgan fingerprint density at radius 1 is 1.42 bits per heavy atom. The van der Waals surface area contributed by atoms with Gasteiger partial charge in [-0.3, -0.25) is 4.79 Å². The summed E-state index contributed by atoms with van der Waals surface area (Å²) in [5.41, 5.74) is 0.514. The van der Waals surface area contributed by atoms with Crippen molar-refractivity contribution < 1.29 is 19.4 Å². The standard InChI is InChI=1S/C14H19NO4/c1-18-11-7-10(9-16)15(8-11)14(17)12-5-3-4-6-13(12)19-2/h3-6,10-11,16H,7-9H2,1-2H3/t10-,11+/m0/s1. The molecule has 5 nitrogen and oxygen atoms in total. The molecule has 1 saturated heterocycles. The van der Waals surface area contributed by atoms with Gasteiger partial charge >= 0.3 is 0 Å². The Kier molecular flexibility index (Phi) is 4.39. The fourth-order valence-corrected chi connectivity index (χ4v) is 2.44. The number of aliphatic hydroxyl groups excluding tert-OH is 1. The second kappa shape index (κ2) is 6.04. The summed E-state index contributed by atoms with van der Waals surface area (Å²) in [7, 11) is 3.16. The molecule has 0 unspecified atom stereocenters. The molecular weight excluding hydrogens is 246 g/mol. The van der Waals surface area contributed by atoms with Crippen LogP contribution in [-0.2, 0) is 4.74 Å². The lowest BCUT2D eigenvalue weighted by Gasteiger charge is -2.23. The molecule has 0 aromatic heterocycles. The SMILES string of the molecule is COc1ccccc1C(=O)N1C[C@H](OC)C[C@H]1CO. The Morgan fingerprint density at radius 3 is 2.79 bits per heavy atom. The summed E-state index contributed by atoms with van der Waals surface area (Å²) in [6.07, 6.45) is 0.643. The summed E-state index contributed by atoms with van der Waals surface area (Å²) in [5, 5.41) is 9.39. The number of nitrogens with zero attached hydrogens (tertiary/aromatic N) is 1. The van der Waals surface area contributed by atoms with Crippen LogP contribution in [0, 0.1) is 0 Å². The fraction of sp³-hybridized carbons (Fsp3) is 0.500. The Hall–Kier alpha value is -1.59. The molecule has 19 heavy (non-hydrogen) atoms. The predicted octanol–water partition coefficient (Wildman–Crippen LogP) is 0.917. The lowest BCUT2D eigenvalue weighted by Crippen LogP contribution is -2.38. The summed E-state index contributed by atoms with van der Waals surface area (Å²) in [4.78, 5) is 14.2. The number of carbonyl (C=O) groups excluding carboxylic acids is 1. The second-order valence-electron chi connectivity index (χ2n) is 4.59. The van der Waals surface area contributed by atoms with Crippen molar-refractivity contribution in [3.63, 3.8) is 0 Å². The van der Waals surface area contributed by atoms with Gasteiger partial charge in [0.15, 0.2) is 0 Å². The van der Waals surface area contributed by atoms with Crippen LogP contribution in [0.3, 0.4) is 0 Å². The van der Waals surface area contributed by atoms with E-state index in [1.54, 1.807) is 30.2 Å². The third-order valence-electron chi connectivity index (χ3n) is 3.52. The molecular formula is C14H19NO4. The summed E-state index contributed by atoms with van der Waals surface area (Å²) in [5.74, 6) is 0.418. The smallest absolute Gasteiger partial charge is 0.258 e. The summed E-state index contributed by atoms with van der Waals surface area (Å²) in [6, 6.07) is 6.91. The molecule has 0 saturated carbocycles. The quantitative estimate of drug-likeness (QED) is 0.879. The van der Waals surface area contributed by atoms with E-state index in [-0.39, 0.29) is 24.7 Å². The monoisotopic (exact) mass is 265 g/mol. The van der Waals surface area contributed by atoms with Crippen LogP contribution in [0.2, 0.25) is 0 Å². The molecule has 1 aromatic carbocycles. The van der Waals surface area contributed by atoms with Crippen LogP contribution in [0.1, 0.15) is 16.8 Å². The van der Waals surface area contributed by atoms with Crippen LogP contribution in [0.15, 0.2) is 24.3 Å². The van der Waals surface area contributed by atoms with Crippen molar-refractivity contribution in [1.29, 1.82) is 0 Å². The van der Waals surface area contributed by atoms with Gasteiger partial charge in [-0.1, -0.05) is 12.1 Å². The number of hydrogen-bond acceptors (Lipinski definition) is 4. The first-order valence-electron chi connectivity index (χ1n) is 6.29. The van der Waals surface area contributed by atoms with Crippen molar-refractivity contribution >= 4 is 5.91 Å². The van der Waals surface area contributed by atoms with E-state index in [1.807, 2.05) is 6.07 Å². The fourth-order valence-electron chi connectivity index (χ4n) is 2.44. The van der Waals surface area contributed by atoms with Gasteiger partial charge in [0, 0.05) is 13.7 Å². The van der Waals surface area contributed by atoms with E-state index >= 15 is 0 Å². The van der Waals surface area contributed by atoms with Crippen molar-refractivity contribution in [2.24, 2.45) is 0 Å². The zero-order valence-corrected chi connectivity index (χ0v) is 11.2. The molecule has 1 N–H and O–H groups in total. The van der Waals surface area contributed by atoms with Crippen LogP contribution < -0.4 is 4.74 Å². The number of carbonyl (C=O) groups is 1. The predicted molar refractivity (Wildman–Crippen MR) is 70.3 cm³/mol. The highest BCUT2D eigenvalue weighted by Gasteiger charge is 2.36. The Labute approximate surface area is 112 Å². The normalized spacial score (nSPS) is 22.6. The van der Waals surface area contributed by atoms with Crippen molar-refractivity contribution in [3.05, 3.63) is 29.8 Å². The zero-order chi connectivity index (χ0) is 13.8. The lowest BCUT2D eigenvalue weighted by atomic mass is 10.1. The van der Waals surface area contributed by atoms with Gasteiger partial charge in [0.2, 0.25) is 0 Å². The van der Waals surface area contributed by atoms with Crippen LogP contribution in [0.5, 0.6) is 5.75 Å². The van der Waals surface area contributed by atoms with Gasteiger partial charge in [0.1, 0.15) is 5.75 Å². The number of likely N-dealkylation sites (tertiary alicyclic amines) is 1. The number of hydrogen-bond donors (Lipinski definition) is 1. The molecule has 0 spiro atoms. The maximum absolute atomic E-state index is 12.5. The average Bonchev–Trinajstić information content (AvgIpc) is 2.89. The third-order valence-corrected chi connectivity index (χ3v) is 3.52. The number of amides is 1. The molecule has 1 aromatic rings. The molecule has 104 valence electrons. The summed E-state index contributed by atoms with van der Waals surface area (Å²) in [6.45, 7) is 0.444. The Bertz CT molecular complexity index is 449. The van der Waals surface area contributed by atoms with Gasteiger partial charge in [0.25, 0.3) is 5.91 Å². The van der Waals surface area contributed by atoms with E-state index in [9.17, 15) is 9.90 Å². The summed E-state index contributed by atoms with van der Waals surface area (Å²) >= 11 is 0. The molecule has 1 amide bonds. The molecule has 0 radical (unpaired) electrons. The molecule has 1 fully saturated rings. The van der Waals surface area contributed by atoms with Gasteiger partial charge in [-0.25, -0.2) is 0 Å². The molecule has 2 atom stereocenters. The minimum atomic E-state index is -0.192. The second-order valence-corrected chi connectivity index (χ2v) is 4.59. The number of benzene rings is 1. The average molecular weight is 265 g/mol. The first-order valence-corrected chi connectivity index (χ1v) is 6.29. The molecule has 1 aliphatic heterocycles. The lowest BCUT2D eigenvalue weighted by molar-refractivity contribution is 0.0644. The van der Waals surface area contributed by atoms with E-state index in [0.717, 1.165) is 0 Å². The van der Waals surface area contributed by atoms with Crippen LogP contribution in [0.4, 0.5) is 0 Å². The number of methoxy groups -OCH3 is 2. The van der Waals surface area contributed by atoms with Crippen molar-refractivity contribution in [2.75, 3.05) is 27.4 Å². The van der Waals surface area contributed by atoms with E-state index < -0.39 is 0 Å². The number of ether oxygens (including phenoxy) is 2. The van der Waals surface area contributed by atoms with E-state index in [4.69, 9.17) is 9.47 Å². The van der Waals surface area contributed by atoms with Gasteiger partial charge in [-0.2, -0.15) is 0 Å². The van der Waals surface area contributed by atoms with Gasteiger partial charge in [0.05, 0.1) is 31.4 Å². The molecule has 1 aliphatic rings. The van der Waals surface area contributed by atoms with Crippen LogP contribution >= 0.6 is 0 Å². The molecule has 0 bridgehead atoms. The van der Waals surface area contributed by atoms with E-state index in [1.165, 1.54) is 7.11 Å². The first kappa shape index (κ1) is 13.8. The van der Waals surface area contributed by atoms with Crippen LogP contribution in [-0.4, -0.2) is 55.4 Å². The van der Waals surface area contributed by atoms with Gasteiger partial charge < -0.3 is 19.5 Å². The number of para-hydroxylation sites is 1. The van der Waals surface area contributed by atoms with E-state index in [2.05, 4.69) is 0 Å². The molecule has 1 heterocycles. The maximum Gasteiger partial charge on any atom is 0.258 e. The van der Waals surface area contributed by atoms with Gasteiger partial charge in [-0.15, -0.1) is 0 Å². The van der Waals surface area contributed by atoms with Crippen molar-refractivity contribution in [2.45, 2.75) is 18.6 Å². The van der Waals surface area contributed by atoms with Crippen LogP contribution in [0.25, 0.3) is 0 Å².